The van der Waals surface area contributed by atoms with Crippen LogP contribution >= 0.6 is 27.7 Å². The maximum absolute atomic E-state index is 13.6. The standard InChI is InChI=1S/C13H14BrFN2O2S/c1-7(2)5-17-11-3-8(14)9(15)4-10(11)16-13(17)20-6-12(18)19/h3-4,7H,5-6H2,1-2H3,(H,18,19). The van der Waals surface area contributed by atoms with Gasteiger partial charge in [0, 0.05) is 12.6 Å². The Kier molecular flexibility index (Phi) is 4.70. The fourth-order valence-corrected chi connectivity index (χ4v) is 2.95. The minimum absolute atomic E-state index is 0.0644. The Hall–Kier alpha value is -1.08. The van der Waals surface area contributed by atoms with Crippen LogP contribution in [0.25, 0.3) is 11.0 Å². The van der Waals surface area contributed by atoms with Gasteiger partial charge >= 0.3 is 5.97 Å². The number of imidazole rings is 1. The summed E-state index contributed by atoms with van der Waals surface area (Å²) in [5.74, 6) is -0.960. The molecule has 2 aromatic rings. The second-order valence-electron chi connectivity index (χ2n) is 4.84. The fourth-order valence-electron chi connectivity index (χ4n) is 1.88. The summed E-state index contributed by atoms with van der Waals surface area (Å²) in [4.78, 5) is 15.0. The van der Waals surface area contributed by atoms with Gasteiger partial charge in [-0.1, -0.05) is 25.6 Å². The number of aliphatic carboxylic acids is 1. The number of hydrogen-bond donors (Lipinski definition) is 1. The molecule has 0 fully saturated rings. The highest BCUT2D eigenvalue weighted by Crippen LogP contribution is 2.29. The third kappa shape index (κ3) is 3.32. The molecule has 0 aliphatic heterocycles. The molecule has 0 aliphatic carbocycles. The molecular weight excluding hydrogens is 347 g/mol. The molecule has 20 heavy (non-hydrogen) atoms. The molecule has 0 aliphatic rings. The van der Waals surface area contributed by atoms with Crippen molar-refractivity contribution < 1.29 is 14.3 Å². The summed E-state index contributed by atoms with van der Waals surface area (Å²) in [6, 6.07) is 3.05. The zero-order chi connectivity index (χ0) is 14.9. The van der Waals surface area contributed by atoms with Gasteiger partial charge in [0.25, 0.3) is 0 Å². The Morgan fingerprint density at radius 2 is 2.25 bits per heavy atom. The number of fused-ring (bicyclic) bond motifs is 1. The second kappa shape index (κ2) is 6.13. The summed E-state index contributed by atoms with van der Waals surface area (Å²) in [7, 11) is 0. The fraction of sp³-hybridized carbons (Fsp3) is 0.385. The molecule has 0 saturated carbocycles. The van der Waals surface area contributed by atoms with Crippen LogP contribution < -0.4 is 0 Å². The lowest BCUT2D eigenvalue weighted by atomic mass is 10.2. The first-order chi connectivity index (χ1) is 9.38. The topological polar surface area (TPSA) is 55.1 Å². The third-order valence-electron chi connectivity index (χ3n) is 2.63. The van der Waals surface area contributed by atoms with Crippen molar-refractivity contribution in [2.24, 2.45) is 5.92 Å². The van der Waals surface area contributed by atoms with Crippen LogP contribution in [-0.4, -0.2) is 26.4 Å². The molecule has 0 radical (unpaired) electrons. The van der Waals surface area contributed by atoms with E-state index in [1.807, 2.05) is 4.57 Å². The van der Waals surface area contributed by atoms with Crippen LogP contribution in [0.2, 0.25) is 0 Å². The van der Waals surface area contributed by atoms with Gasteiger partial charge in [-0.3, -0.25) is 4.79 Å². The van der Waals surface area contributed by atoms with Crippen LogP contribution in [0.15, 0.2) is 21.8 Å². The van der Waals surface area contributed by atoms with Crippen molar-refractivity contribution in [3.63, 3.8) is 0 Å². The Bertz CT molecular complexity index is 657. The number of thioether (sulfide) groups is 1. The molecule has 0 amide bonds. The zero-order valence-corrected chi connectivity index (χ0v) is 13.5. The van der Waals surface area contributed by atoms with Crippen molar-refractivity contribution in [3.8, 4) is 0 Å². The average molecular weight is 361 g/mol. The summed E-state index contributed by atoms with van der Waals surface area (Å²) in [5, 5.41) is 9.39. The van der Waals surface area contributed by atoms with E-state index in [0.29, 0.717) is 27.6 Å². The molecule has 4 nitrogen and oxygen atoms in total. The molecule has 0 unspecified atom stereocenters. The largest absolute Gasteiger partial charge is 0.481 e. The maximum Gasteiger partial charge on any atom is 0.313 e. The quantitative estimate of drug-likeness (QED) is 0.824. The SMILES string of the molecule is CC(C)Cn1c(SCC(=O)O)nc2cc(F)c(Br)cc21. The number of hydrogen-bond acceptors (Lipinski definition) is 3. The van der Waals surface area contributed by atoms with Crippen LogP contribution in [0.1, 0.15) is 13.8 Å². The van der Waals surface area contributed by atoms with E-state index in [-0.39, 0.29) is 11.6 Å². The molecule has 0 atom stereocenters. The van der Waals surface area contributed by atoms with E-state index in [1.165, 1.54) is 6.07 Å². The van der Waals surface area contributed by atoms with E-state index in [2.05, 4.69) is 34.8 Å². The van der Waals surface area contributed by atoms with Gasteiger partial charge in [0.15, 0.2) is 5.16 Å². The number of carboxylic acids is 1. The normalized spacial score (nSPS) is 11.4. The van der Waals surface area contributed by atoms with Gasteiger partial charge in [-0.15, -0.1) is 0 Å². The van der Waals surface area contributed by atoms with Gasteiger partial charge in [0.2, 0.25) is 0 Å². The first kappa shape index (κ1) is 15.3. The molecule has 0 saturated heterocycles. The lowest BCUT2D eigenvalue weighted by Crippen LogP contribution is -2.07. The van der Waals surface area contributed by atoms with Gasteiger partial charge in [0.1, 0.15) is 5.82 Å². The summed E-state index contributed by atoms with van der Waals surface area (Å²) >= 11 is 4.32. The second-order valence-corrected chi connectivity index (χ2v) is 6.63. The summed E-state index contributed by atoms with van der Waals surface area (Å²) in [6.45, 7) is 4.84. The van der Waals surface area contributed by atoms with E-state index >= 15 is 0 Å². The Balaban J connectivity index is 2.51. The van der Waals surface area contributed by atoms with E-state index in [1.54, 1.807) is 6.07 Å². The molecule has 0 bridgehead atoms. The number of rotatable bonds is 5. The van der Waals surface area contributed by atoms with Crippen molar-refractivity contribution in [2.75, 3.05) is 5.75 Å². The zero-order valence-electron chi connectivity index (χ0n) is 11.1. The van der Waals surface area contributed by atoms with Gasteiger partial charge in [-0.2, -0.15) is 0 Å². The van der Waals surface area contributed by atoms with Crippen molar-refractivity contribution in [1.82, 2.24) is 9.55 Å². The number of aromatic nitrogens is 2. The highest BCUT2D eigenvalue weighted by atomic mass is 79.9. The molecule has 0 spiro atoms. The van der Waals surface area contributed by atoms with Crippen LogP contribution in [0.5, 0.6) is 0 Å². The van der Waals surface area contributed by atoms with Crippen LogP contribution in [0.3, 0.4) is 0 Å². The minimum atomic E-state index is -0.898. The predicted octanol–water partition coefficient (Wildman–Crippen LogP) is 3.77. The van der Waals surface area contributed by atoms with E-state index in [4.69, 9.17) is 5.11 Å². The van der Waals surface area contributed by atoms with Crippen molar-refractivity contribution in [2.45, 2.75) is 25.5 Å². The van der Waals surface area contributed by atoms with Crippen LogP contribution in [-0.2, 0) is 11.3 Å². The lowest BCUT2D eigenvalue weighted by molar-refractivity contribution is -0.133. The summed E-state index contributed by atoms with van der Waals surface area (Å²) in [6.07, 6.45) is 0. The van der Waals surface area contributed by atoms with Crippen LogP contribution in [0.4, 0.5) is 4.39 Å². The van der Waals surface area contributed by atoms with Crippen molar-refractivity contribution in [3.05, 3.63) is 22.4 Å². The molecule has 1 N–H and O–H groups in total. The Morgan fingerprint density at radius 3 is 2.85 bits per heavy atom. The molecule has 1 heterocycles. The van der Waals surface area contributed by atoms with Crippen molar-refractivity contribution in [1.29, 1.82) is 0 Å². The van der Waals surface area contributed by atoms with Gasteiger partial charge in [-0.25, -0.2) is 9.37 Å². The smallest absolute Gasteiger partial charge is 0.313 e. The van der Waals surface area contributed by atoms with Gasteiger partial charge in [-0.05, 0) is 27.9 Å². The third-order valence-corrected chi connectivity index (χ3v) is 4.20. The number of carboxylic acid groups (broad SMARTS) is 1. The molecule has 108 valence electrons. The van der Waals surface area contributed by atoms with E-state index in [9.17, 15) is 9.18 Å². The number of benzene rings is 1. The monoisotopic (exact) mass is 360 g/mol. The van der Waals surface area contributed by atoms with Gasteiger partial charge in [0.05, 0.1) is 21.3 Å². The number of halogens is 2. The highest BCUT2D eigenvalue weighted by Gasteiger charge is 2.15. The predicted molar refractivity (Wildman–Crippen MR) is 80.6 cm³/mol. The molecular formula is C13H14BrFN2O2S. The average Bonchev–Trinajstić information content (AvgIpc) is 2.65. The van der Waals surface area contributed by atoms with Gasteiger partial charge < -0.3 is 9.67 Å². The molecule has 2 rings (SSSR count). The summed E-state index contributed by atoms with van der Waals surface area (Å²) in [5.41, 5.74) is 1.35. The van der Waals surface area contributed by atoms with E-state index in [0.717, 1.165) is 17.3 Å². The summed E-state index contributed by atoms with van der Waals surface area (Å²) < 4.78 is 15.9. The molecule has 1 aromatic carbocycles. The number of nitrogens with zero attached hydrogens (tertiary/aromatic N) is 2. The molecule has 7 heteroatoms. The Labute approximate surface area is 128 Å². The van der Waals surface area contributed by atoms with E-state index < -0.39 is 5.97 Å². The minimum Gasteiger partial charge on any atom is -0.481 e. The highest BCUT2D eigenvalue weighted by molar-refractivity contribution is 9.10. The first-order valence-corrected chi connectivity index (χ1v) is 7.86. The lowest BCUT2D eigenvalue weighted by Gasteiger charge is -2.11. The molecule has 1 aromatic heterocycles. The van der Waals surface area contributed by atoms with Crippen LogP contribution in [0, 0.1) is 11.7 Å². The number of carbonyl (C=O) groups is 1. The maximum atomic E-state index is 13.6. The Morgan fingerprint density at radius 1 is 1.55 bits per heavy atom. The first-order valence-electron chi connectivity index (χ1n) is 6.08. The van der Waals surface area contributed by atoms with Crippen molar-refractivity contribution >= 4 is 44.7 Å².